The lowest BCUT2D eigenvalue weighted by molar-refractivity contribution is -0.127. The van der Waals surface area contributed by atoms with Gasteiger partial charge in [-0.25, -0.2) is 0 Å². The summed E-state index contributed by atoms with van der Waals surface area (Å²) >= 11 is 0. The van der Waals surface area contributed by atoms with Gasteiger partial charge in [0.1, 0.15) is 0 Å². The molecule has 3 N–H and O–H groups in total. The van der Waals surface area contributed by atoms with Gasteiger partial charge in [-0.1, -0.05) is 19.8 Å². The summed E-state index contributed by atoms with van der Waals surface area (Å²) < 4.78 is 5.35. The first kappa shape index (κ1) is 12.8. The van der Waals surface area contributed by atoms with E-state index in [4.69, 9.17) is 10.5 Å². The SMILES string of the molecule is CC1(CNC(=O)C2(N)CCCC2)CCOCC1. The Morgan fingerprint density at radius 2 is 1.82 bits per heavy atom. The maximum absolute atomic E-state index is 12.1. The van der Waals surface area contributed by atoms with E-state index >= 15 is 0 Å². The van der Waals surface area contributed by atoms with Crippen molar-refractivity contribution in [2.24, 2.45) is 11.1 Å². The van der Waals surface area contributed by atoms with Crippen LogP contribution in [0, 0.1) is 5.41 Å². The molecular formula is C13H24N2O2. The molecule has 0 bridgehead atoms. The maximum atomic E-state index is 12.1. The Morgan fingerprint density at radius 3 is 2.41 bits per heavy atom. The summed E-state index contributed by atoms with van der Waals surface area (Å²) in [7, 11) is 0. The quantitative estimate of drug-likeness (QED) is 0.779. The van der Waals surface area contributed by atoms with Gasteiger partial charge < -0.3 is 15.8 Å². The van der Waals surface area contributed by atoms with Crippen LogP contribution < -0.4 is 11.1 Å². The van der Waals surface area contributed by atoms with Crippen LogP contribution in [0.15, 0.2) is 0 Å². The van der Waals surface area contributed by atoms with Crippen molar-refractivity contribution in [1.29, 1.82) is 0 Å². The van der Waals surface area contributed by atoms with Crippen molar-refractivity contribution < 1.29 is 9.53 Å². The van der Waals surface area contributed by atoms with Gasteiger partial charge in [-0.2, -0.15) is 0 Å². The Kier molecular flexibility index (Phi) is 3.73. The molecule has 2 rings (SSSR count). The summed E-state index contributed by atoms with van der Waals surface area (Å²) in [5, 5.41) is 3.06. The second kappa shape index (κ2) is 4.94. The van der Waals surface area contributed by atoms with Gasteiger partial charge in [0.25, 0.3) is 0 Å². The molecular weight excluding hydrogens is 216 g/mol. The summed E-state index contributed by atoms with van der Waals surface area (Å²) in [6.45, 7) is 4.56. The minimum atomic E-state index is -0.596. The summed E-state index contributed by atoms with van der Waals surface area (Å²) in [5.41, 5.74) is 5.71. The van der Waals surface area contributed by atoms with E-state index in [-0.39, 0.29) is 11.3 Å². The van der Waals surface area contributed by atoms with Crippen molar-refractivity contribution in [3.63, 3.8) is 0 Å². The summed E-state index contributed by atoms with van der Waals surface area (Å²) in [6.07, 6.45) is 5.86. The number of rotatable bonds is 3. The third-order valence-electron chi connectivity index (χ3n) is 4.32. The van der Waals surface area contributed by atoms with Gasteiger partial charge in [0, 0.05) is 19.8 Å². The Morgan fingerprint density at radius 1 is 1.24 bits per heavy atom. The van der Waals surface area contributed by atoms with E-state index in [2.05, 4.69) is 12.2 Å². The molecule has 0 aromatic rings. The van der Waals surface area contributed by atoms with Crippen LogP contribution in [0.3, 0.4) is 0 Å². The lowest BCUT2D eigenvalue weighted by atomic mass is 9.82. The monoisotopic (exact) mass is 240 g/mol. The fraction of sp³-hybridized carbons (Fsp3) is 0.923. The van der Waals surface area contributed by atoms with Crippen molar-refractivity contribution in [3.8, 4) is 0 Å². The van der Waals surface area contributed by atoms with Crippen molar-refractivity contribution in [2.75, 3.05) is 19.8 Å². The number of carbonyl (C=O) groups is 1. The Hall–Kier alpha value is -0.610. The lowest BCUT2D eigenvalue weighted by Crippen LogP contribution is -2.54. The summed E-state index contributed by atoms with van der Waals surface area (Å²) in [4.78, 5) is 12.1. The molecule has 1 amide bonds. The molecule has 2 fully saturated rings. The first-order valence-electron chi connectivity index (χ1n) is 6.69. The fourth-order valence-electron chi connectivity index (χ4n) is 2.74. The second-order valence-electron chi connectivity index (χ2n) is 5.97. The zero-order valence-corrected chi connectivity index (χ0v) is 10.8. The van der Waals surface area contributed by atoms with Gasteiger partial charge in [-0.15, -0.1) is 0 Å². The highest BCUT2D eigenvalue weighted by Crippen LogP contribution is 2.30. The second-order valence-corrected chi connectivity index (χ2v) is 5.97. The van der Waals surface area contributed by atoms with Crippen LogP contribution in [0.5, 0.6) is 0 Å². The molecule has 4 heteroatoms. The molecule has 0 aromatic heterocycles. The average Bonchev–Trinajstić information content (AvgIpc) is 2.75. The zero-order chi connectivity index (χ0) is 12.4. The molecule has 17 heavy (non-hydrogen) atoms. The van der Waals surface area contributed by atoms with Crippen LogP contribution in [0.1, 0.15) is 45.4 Å². The fourth-order valence-corrected chi connectivity index (χ4v) is 2.74. The van der Waals surface area contributed by atoms with Crippen molar-refractivity contribution >= 4 is 5.91 Å². The van der Waals surface area contributed by atoms with E-state index in [1.165, 1.54) is 0 Å². The molecule has 0 atom stereocenters. The van der Waals surface area contributed by atoms with Gasteiger partial charge in [-0.05, 0) is 31.1 Å². The Labute approximate surface area is 103 Å². The predicted octanol–water partition coefficient (Wildman–Crippen LogP) is 1.19. The van der Waals surface area contributed by atoms with Gasteiger partial charge in [-0.3, -0.25) is 4.79 Å². The third-order valence-corrected chi connectivity index (χ3v) is 4.32. The van der Waals surface area contributed by atoms with Gasteiger partial charge in [0.05, 0.1) is 5.54 Å². The number of nitrogens with one attached hydrogen (secondary N) is 1. The first-order chi connectivity index (χ1) is 8.04. The summed E-state index contributed by atoms with van der Waals surface area (Å²) in [5.74, 6) is 0.0442. The van der Waals surface area contributed by atoms with E-state index in [0.29, 0.717) is 0 Å². The van der Waals surface area contributed by atoms with Crippen LogP contribution in [0.2, 0.25) is 0 Å². The molecule has 1 saturated carbocycles. The van der Waals surface area contributed by atoms with Crippen LogP contribution in [0.4, 0.5) is 0 Å². The Bertz CT molecular complexity index is 279. The van der Waals surface area contributed by atoms with Crippen molar-refractivity contribution in [3.05, 3.63) is 0 Å². The van der Waals surface area contributed by atoms with E-state index in [1.807, 2.05) is 0 Å². The smallest absolute Gasteiger partial charge is 0.240 e. The first-order valence-corrected chi connectivity index (χ1v) is 6.69. The lowest BCUT2D eigenvalue weighted by Gasteiger charge is -2.34. The standard InChI is InChI=1S/C13H24N2O2/c1-12(6-8-17-9-7-12)10-15-11(16)13(14)4-2-3-5-13/h2-10,14H2,1H3,(H,15,16). The number of ether oxygens (including phenoxy) is 1. The maximum Gasteiger partial charge on any atom is 0.240 e. The predicted molar refractivity (Wildman–Crippen MR) is 66.6 cm³/mol. The molecule has 1 heterocycles. The summed E-state index contributed by atoms with van der Waals surface area (Å²) in [6, 6.07) is 0. The van der Waals surface area contributed by atoms with Crippen LogP contribution in [0.25, 0.3) is 0 Å². The molecule has 1 saturated heterocycles. The van der Waals surface area contributed by atoms with Gasteiger partial charge >= 0.3 is 0 Å². The van der Waals surface area contributed by atoms with Crippen molar-refractivity contribution in [1.82, 2.24) is 5.32 Å². The minimum Gasteiger partial charge on any atom is -0.381 e. The van der Waals surface area contributed by atoms with Gasteiger partial charge in [0.15, 0.2) is 0 Å². The van der Waals surface area contributed by atoms with Crippen LogP contribution in [-0.4, -0.2) is 31.2 Å². The number of hydrogen-bond donors (Lipinski definition) is 2. The molecule has 1 aliphatic carbocycles. The molecule has 0 radical (unpaired) electrons. The molecule has 2 aliphatic rings. The zero-order valence-electron chi connectivity index (χ0n) is 10.8. The molecule has 1 aliphatic heterocycles. The molecule has 0 aromatic carbocycles. The minimum absolute atomic E-state index is 0.0442. The van der Waals surface area contributed by atoms with Crippen LogP contribution >= 0.6 is 0 Å². The van der Waals surface area contributed by atoms with E-state index in [1.54, 1.807) is 0 Å². The number of hydrogen-bond acceptors (Lipinski definition) is 3. The Balaban J connectivity index is 1.83. The molecule has 0 unspecified atom stereocenters. The number of carbonyl (C=O) groups excluding carboxylic acids is 1. The molecule has 98 valence electrons. The van der Waals surface area contributed by atoms with Crippen molar-refractivity contribution in [2.45, 2.75) is 51.0 Å². The average molecular weight is 240 g/mol. The van der Waals surface area contributed by atoms with Gasteiger partial charge in [0.2, 0.25) is 5.91 Å². The normalized spacial score (nSPS) is 26.7. The highest BCUT2D eigenvalue weighted by atomic mass is 16.5. The van der Waals surface area contributed by atoms with E-state index in [0.717, 1.165) is 58.3 Å². The third kappa shape index (κ3) is 2.99. The topological polar surface area (TPSA) is 64.4 Å². The highest BCUT2D eigenvalue weighted by Gasteiger charge is 2.38. The van der Waals surface area contributed by atoms with E-state index in [9.17, 15) is 4.79 Å². The highest BCUT2D eigenvalue weighted by molar-refractivity contribution is 5.86. The van der Waals surface area contributed by atoms with E-state index < -0.39 is 5.54 Å². The molecule has 0 spiro atoms. The number of amides is 1. The van der Waals surface area contributed by atoms with Crippen LogP contribution in [-0.2, 0) is 9.53 Å². The number of nitrogens with two attached hydrogens (primary N) is 1. The largest absolute Gasteiger partial charge is 0.381 e. The molecule has 4 nitrogen and oxygen atoms in total.